The van der Waals surface area contributed by atoms with Crippen LogP contribution in [0.3, 0.4) is 0 Å². The van der Waals surface area contributed by atoms with Crippen molar-refractivity contribution >= 4 is 23.9 Å². The maximum absolute atomic E-state index is 12.5. The third-order valence-electron chi connectivity index (χ3n) is 4.18. The van der Waals surface area contributed by atoms with E-state index in [9.17, 15) is 14.4 Å². The minimum Gasteiger partial charge on any atom is -0.445 e. The lowest BCUT2D eigenvalue weighted by atomic mass is 10.1. The Bertz CT molecular complexity index is 817. The van der Waals surface area contributed by atoms with Crippen LogP contribution in [0.1, 0.15) is 40.2 Å². The Balaban J connectivity index is 1.80. The molecule has 0 saturated heterocycles. The molecule has 10 heteroatoms. The molecular formula is C21H31N5O5. The van der Waals surface area contributed by atoms with Crippen molar-refractivity contribution in [2.75, 3.05) is 19.6 Å². The third-order valence-corrected chi connectivity index (χ3v) is 4.18. The molecule has 170 valence electrons. The molecule has 0 bridgehead atoms. The smallest absolute Gasteiger partial charge is 0.410 e. The van der Waals surface area contributed by atoms with Gasteiger partial charge in [0.15, 0.2) is 0 Å². The number of aliphatic imine (C=N–C) groups is 1. The quantitative estimate of drug-likeness (QED) is 0.624. The van der Waals surface area contributed by atoms with E-state index in [1.54, 1.807) is 34.6 Å². The Hall–Kier alpha value is -3.30. The van der Waals surface area contributed by atoms with Crippen molar-refractivity contribution in [3.63, 3.8) is 0 Å². The van der Waals surface area contributed by atoms with Crippen LogP contribution in [0.2, 0.25) is 0 Å². The number of amidine groups is 1. The van der Waals surface area contributed by atoms with Crippen LogP contribution in [-0.4, -0.2) is 59.6 Å². The highest BCUT2D eigenvalue weighted by molar-refractivity contribution is 5.93. The van der Waals surface area contributed by atoms with Gasteiger partial charge in [0.25, 0.3) is 5.91 Å². The van der Waals surface area contributed by atoms with Gasteiger partial charge in [-0.05, 0) is 40.2 Å². The van der Waals surface area contributed by atoms with Crippen LogP contribution >= 0.6 is 0 Å². The van der Waals surface area contributed by atoms with Gasteiger partial charge in [0.2, 0.25) is 0 Å². The average Bonchev–Trinajstić information content (AvgIpc) is 2.69. The molecule has 0 saturated carbocycles. The largest absolute Gasteiger partial charge is 0.445 e. The van der Waals surface area contributed by atoms with Crippen LogP contribution in [0.15, 0.2) is 35.3 Å². The van der Waals surface area contributed by atoms with Crippen LogP contribution in [-0.2, 0) is 20.9 Å². The second-order valence-corrected chi connectivity index (χ2v) is 8.62. The molecule has 10 nitrogen and oxygen atoms in total. The van der Waals surface area contributed by atoms with Crippen LogP contribution in [0.25, 0.3) is 0 Å². The predicted molar refractivity (Wildman–Crippen MR) is 115 cm³/mol. The molecule has 1 heterocycles. The Morgan fingerprint density at radius 2 is 1.77 bits per heavy atom. The van der Waals surface area contributed by atoms with Gasteiger partial charge in [-0.25, -0.2) is 9.59 Å². The lowest BCUT2D eigenvalue weighted by molar-refractivity contribution is -0.127. The fraction of sp³-hybridized carbons (Fsp3) is 0.524. The van der Waals surface area contributed by atoms with E-state index < -0.39 is 29.2 Å². The van der Waals surface area contributed by atoms with E-state index in [4.69, 9.17) is 9.47 Å². The minimum absolute atomic E-state index is 0.161. The predicted octanol–water partition coefficient (Wildman–Crippen LogP) is 1.96. The van der Waals surface area contributed by atoms with Crippen molar-refractivity contribution in [1.29, 1.82) is 0 Å². The fourth-order valence-electron chi connectivity index (χ4n) is 2.56. The maximum atomic E-state index is 12.5. The van der Waals surface area contributed by atoms with E-state index in [1.165, 1.54) is 4.90 Å². The van der Waals surface area contributed by atoms with Crippen molar-refractivity contribution in [2.24, 2.45) is 4.99 Å². The molecule has 1 aliphatic rings. The molecule has 1 aliphatic heterocycles. The van der Waals surface area contributed by atoms with Gasteiger partial charge in [-0.3, -0.25) is 25.5 Å². The zero-order valence-electron chi connectivity index (χ0n) is 18.7. The van der Waals surface area contributed by atoms with Gasteiger partial charge in [-0.2, -0.15) is 0 Å². The summed E-state index contributed by atoms with van der Waals surface area (Å²) < 4.78 is 10.5. The number of hydrogen-bond acceptors (Lipinski definition) is 7. The summed E-state index contributed by atoms with van der Waals surface area (Å²) in [6.45, 7) is 9.42. The third kappa shape index (κ3) is 8.15. The molecule has 2 rings (SSSR count). The van der Waals surface area contributed by atoms with Crippen LogP contribution in [0, 0.1) is 0 Å². The first-order valence-electron chi connectivity index (χ1n) is 10.0. The van der Waals surface area contributed by atoms with Crippen molar-refractivity contribution in [3.8, 4) is 0 Å². The highest BCUT2D eigenvalue weighted by atomic mass is 16.6. The second kappa shape index (κ2) is 10.1. The summed E-state index contributed by atoms with van der Waals surface area (Å²) in [5.74, 6) is -0.0887. The Kier molecular flexibility index (Phi) is 7.84. The molecule has 31 heavy (non-hydrogen) atoms. The molecule has 3 N–H and O–H groups in total. The number of alkyl carbamates (subject to hydrolysis) is 1. The monoisotopic (exact) mass is 433 g/mol. The van der Waals surface area contributed by atoms with Crippen molar-refractivity contribution < 1.29 is 23.9 Å². The second-order valence-electron chi connectivity index (χ2n) is 8.62. The van der Waals surface area contributed by atoms with Gasteiger partial charge in [0.1, 0.15) is 23.6 Å². The molecule has 0 unspecified atom stereocenters. The summed E-state index contributed by atoms with van der Waals surface area (Å²) in [4.78, 5) is 42.5. The zero-order chi connectivity index (χ0) is 23.1. The van der Waals surface area contributed by atoms with Gasteiger partial charge in [0.05, 0.1) is 13.1 Å². The molecule has 0 aliphatic carbocycles. The first-order chi connectivity index (χ1) is 14.5. The summed E-state index contributed by atoms with van der Waals surface area (Å²) in [7, 11) is 0. The molecule has 1 aromatic rings. The van der Waals surface area contributed by atoms with E-state index in [0.717, 1.165) is 5.56 Å². The Labute approximate surface area is 182 Å². The van der Waals surface area contributed by atoms with Crippen molar-refractivity contribution in [3.05, 3.63) is 35.9 Å². The summed E-state index contributed by atoms with van der Waals surface area (Å²) in [6, 6.07) is 9.39. The number of hydrogen-bond donors (Lipinski definition) is 3. The Morgan fingerprint density at radius 3 is 2.42 bits per heavy atom. The number of ether oxygens (including phenoxy) is 2. The SMILES string of the molecule is CC(C)(C)OC(=O)NC(C)(C)C(=O)NNC1=NCCN(C(=O)OCc2ccccc2)C1. The average molecular weight is 434 g/mol. The molecule has 0 atom stereocenters. The normalized spacial score (nSPS) is 14.2. The number of hydrazine groups is 1. The number of carbonyl (C=O) groups excluding carboxylic acids is 3. The van der Waals surface area contributed by atoms with Crippen molar-refractivity contribution in [1.82, 2.24) is 21.1 Å². The number of carbonyl (C=O) groups is 3. The maximum Gasteiger partial charge on any atom is 0.410 e. The first kappa shape index (κ1) is 24.0. The Morgan fingerprint density at radius 1 is 1.10 bits per heavy atom. The number of nitrogens with one attached hydrogen (secondary N) is 3. The number of benzene rings is 1. The van der Waals surface area contributed by atoms with E-state index >= 15 is 0 Å². The number of amides is 3. The van der Waals surface area contributed by atoms with E-state index in [2.05, 4.69) is 21.2 Å². The molecular weight excluding hydrogens is 402 g/mol. The van der Waals surface area contributed by atoms with Gasteiger partial charge < -0.3 is 14.8 Å². The van der Waals surface area contributed by atoms with Crippen molar-refractivity contribution in [2.45, 2.75) is 52.4 Å². The van der Waals surface area contributed by atoms with Gasteiger partial charge in [0, 0.05) is 6.54 Å². The van der Waals surface area contributed by atoms with Gasteiger partial charge >= 0.3 is 12.2 Å². The topological polar surface area (TPSA) is 121 Å². The lowest BCUT2D eigenvalue weighted by Gasteiger charge is -2.29. The highest BCUT2D eigenvalue weighted by Gasteiger charge is 2.32. The molecule has 0 aromatic heterocycles. The van der Waals surface area contributed by atoms with Gasteiger partial charge in [-0.1, -0.05) is 30.3 Å². The minimum atomic E-state index is -1.24. The van der Waals surface area contributed by atoms with Gasteiger partial charge in [-0.15, -0.1) is 0 Å². The van der Waals surface area contributed by atoms with Crippen LogP contribution in [0.5, 0.6) is 0 Å². The lowest BCUT2D eigenvalue weighted by Crippen LogP contribution is -2.60. The molecule has 0 radical (unpaired) electrons. The number of nitrogens with zero attached hydrogens (tertiary/aromatic N) is 2. The van der Waals surface area contributed by atoms with Crippen LogP contribution in [0.4, 0.5) is 9.59 Å². The zero-order valence-corrected chi connectivity index (χ0v) is 18.7. The summed E-state index contributed by atoms with van der Waals surface area (Å²) in [6.07, 6.45) is -1.16. The molecule has 0 fully saturated rings. The fourth-order valence-corrected chi connectivity index (χ4v) is 2.56. The molecule has 3 amide bonds. The molecule has 0 spiro atoms. The standard InChI is InChI=1S/C21H31N5O5/c1-20(2,3)31-18(28)23-21(4,5)17(27)25-24-16-13-26(12-11-22-16)19(29)30-14-15-9-7-6-8-10-15/h6-10H,11-14H2,1-5H3,(H,22,24)(H,23,28)(H,25,27). The summed E-state index contributed by atoms with van der Waals surface area (Å²) in [5.41, 5.74) is 4.21. The van der Waals surface area contributed by atoms with E-state index in [1.807, 2.05) is 30.3 Å². The summed E-state index contributed by atoms with van der Waals surface area (Å²) >= 11 is 0. The summed E-state index contributed by atoms with van der Waals surface area (Å²) in [5, 5.41) is 2.52. The first-order valence-corrected chi connectivity index (χ1v) is 10.0. The number of rotatable bonds is 4. The highest BCUT2D eigenvalue weighted by Crippen LogP contribution is 2.10. The van der Waals surface area contributed by atoms with Crippen LogP contribution < -0.4 is 16.2 Å². The van der Waals surface area contributed by atoms with E-state index in [-0.39, 0.29) is 13.2 Å². The van der Waals surface area contributed by atoms with E-state index in [0.29, 0.717) is 18.9 Å². The molecule has 1 aromatic carbocycles.